The van der Waals surface area contributed by atoms with E-state index in [9.17, 15) is 13.2 Å². The standard InChI is InChI=1S/C22H25N5O3S2/c1-16-7-6-8-17(2)21(16)27-22(23-24-25-27)31-14-20(28)26(13-18-9-4-3-5-10-18)19-11-12-32(29,30)15-19/h3-10,19H,11-15H2,1-2H3. The van der Waals surface area contributed by atoms with E-state index in [1.54, 1.807) is 9.58 Å². The molecule has 0 spiro atoms. The zero-order chi connectivity index (χ0) is 22.7. The predicted octanol–water partition coefficient (Wildman–Crippen LogP) is 2.59. The quantitative estimate of drug-likeness (QED) is 0.489. The van der Waals surface area contributed by atoms with Gasteiger partial charge in [-0.3, -0.25) is 4.79 Å². The molecule has 10 heteroatoms. The Hall–Kier alpha value is -2.72. The Morgan fingerprint density at radius 3 is 2.50 bits per heavy atom. The number of thioether (sulfide) groups is 1. The maximum Gasteiger partial charge on any atom is 0.233 e. The first-order chi connectivity index (χ1) is 15.3. The first kappa shape index (κ1) is 22.5. The third-order valence-corrected chi connectivity index (χ3v) is 8.24. The van der Waals surface area contributed by atoms with Crippen LogP contribution in [0.15, 0.2) is 53.7 Å². The van der Waals surface area contributed by atoms with Crippen molar-refractivity contribution in [2.45, 2.75) is 38.0 Å². The highest BCUT2D eigenvalue weighted by Gasteiger charge is 2.34. The predicted molar refractivity (Wildman–Crippen MR) is 123 cm³/mol. The number of para-hydroxylation sites is 1. The van der Waals surface area contributed by atoms with Gasteiger partial charge < -0.3 is 4.90 Å². The number of nitrogens with zero attached hydrogens (tertiary/aromatic N) is 5. The molecule has 1 unspecified atom stereocenters. The van der Waals surface area contributed by atoms with Gasteiger partial charge in [-0.2, -0.15) is 4.68 Å². The molecule has 0 N–H and O–H groups in total. The molecule has 1 atom stereocenters. The second-order valence-corrected chi connectivity index (χ2v) is 11.1. The number of benzene rings is 2. The van der Waals surface area contributed by atoms with Crippen LogP contribution in [0.5, 0.6) is 0 Å². The van der Waals surface area contributed by atoms with Crippen LogP contribution in [0.3, 0.4) is 0 Å². The highest BCUT2D eigenvalue weighted by atomic mass is 32.2. The van der Waals surface area contributed by atoms with Gasteiger partial charge >= 0.3 is 0 Å². The van der Waals surface area contributed by atoms with Gasteiger partial charge in [-0.25, -0.2) is 8.42 Å². The fourth-order valence-corrected chi connectivity index (χ4v) is 6.47. The molecule has 1 fully saturated rings. The molecule has 2 heterocycles. The van der Waals surface area contributed by atoms with Gasteiger partial charge in [0, 0.05) is 12.6 Å². The number of amides is 1. The average molecular weight is 472 g/mol. The summed E-state index contributed by atoms with van der Waals surface area (Å²) >= 11 is 1.26. The van der Waals surface area contributed by atoms with E-state index in [2.05, 4.69) is 15.5 Å². The molecule has 3 aromatic rings. The van der Waals surface area contributed by atoms with Crippen LogP contribution in [0.4, 0.5) is 0 Å². The third kappa shape index (κ3) is 5.02. The first-order valence-electron chi connectivity index (χ1n) is 10.4. The summed E-state index contributed by atoms with van der Waals surface area (Å²) in [5.74, 6) is 0.121. The van der Waals surface area contributed by atoms with E-state index in [0.29, 0.717) is 18.1 Å². The van der Waals surface area contributed by atoms with Crippen LogP contribution in [0.1, 0.15) is 23.1 Å². The van der Waals surface area contributed by atoms with Crippen molar-refractivity contribution in [1.29, 1.82) is 0 Å². The van der Waals surface area contributed by atoms with Crippen molar-refractivity contribution in [3.8, 4) is 5.69 Å². The molecule has 1 aromatic heterocycles. The summed E-state index contributed by atoms with van der Waals surface area (Å²) in [4.78, 5) is 14.9. The first-order valence-corrected chi connectivity index (χ1v) is 13.2. The summed E-state index contributed by atoms with van der Waals surface area (Å²) in [6.45, 7) is 4.36. The van der Waals surface area contributed by atoms with Crippen molar-refractivity contribution >= 4 is 27.5 Å². The second kappa shape index (κ2) is 9.41. The zero-order valence-corrected chi connectivity index (χ0v) is 19.6. The number of carbonyl (C=O) groups excluding carboxylic acids is 1. The number of sulfone groups is 1. The van der Waals surface area contributed by atoms with Crippen LogP contribution in [-0.2, 0) is 21.2 Å². The Morgan fingerprint density at radius 2 is 1.84 bits per heavy atom. The van der Waals surface area contributed by atoms with Gasteiger partial charge in [-0.1, -0.05) is 60.3 Å². The summed E-state index contributed by atoms with van der Waals surface area (Å²) in [5, 5.41) is 12.6. The lowest BCUT2D eigenvalue weighted by atomic mass is 10.1. The molecule has 1 amide bonds. The molecule has 4 rings (SSSR count). The van der Waals surface area contributed by atoms with Crippen LogP contribution >= 0.6 is 11.8 Å². The van der Waals surface area contributed by atoms with Crippen LogP contribution in [0.25, 0.3) is 5.69 Å². The smallest absolute Gasteiger partial charge is 0.233 e. The summed E-state index contributed by atoms with van der Waals surface area (Å²) < 4.78 is 25.8. The monoisotopic (exact) mass is 471 g/mol. The van der Waals surface area contributed by atoms with Gasteiger partial charge in [0.25, 0.3) is 0 Å². The Bertz CT molecular complexity index is 1190. The van der Waals surface area contributed by atoms with Crippen molar-refractivity contribution in [3.63, 3.8) is 0 Å². The van der Waals surface area contributed by atoms with Crippen LogP contribution in [-0.4, -0.2) is 62.7 Å². The third-order valence-electron chi connectivity index (χ3n) is 5.58. The molecule has 8 nitrogen and oxygen atoms in total. The van der Waals surface area contributed by atoms with Gasteiger partial charge in [-0.15, -0.1) is 5.10 Å². The van der Waals surface area contributed by atoms with Gasteiger partial charge in [0.1, 0.15) is 0 Å². The number of hydrogen-bond acceptors (Lipinski definition) is 7. The highest BCUT2D eigenvalue weighted by Crippen LogP contribution is 2.25. The van der Waals surface area contributed by atoms with Gasteiger partial charge in [0.2, 0.25) is 11.1 Å². The molecule has 1 saturated heterocycles. The number of hydrogen-bond donors (Lipinski definition) is 0. The number of rotatable bonds is 7. The molecule has 32 heavy (non-hydrogen) atoms. The summed E-state index contributed by atoms with van der Waals surface area (Å²) in [6, 6.07) is 15.3. The molecular weight excluding hydrogens is 446 g/mol. The van der Waals surface area contributed by atoms with Crippen molar-refractivity contribution < 1.29 is 13.2 Å². The Balaban J connectivity index is 1.53. The average Bonchev–Trinajstić information content (AvgIpc) is 3.37. The minimum atomic E-state index is -3.11. The lowest BCUT2D eigenvalue weighted by molar-refractivity contribution is -0.130. The molecule has 168 valence electrons. The zero-order valence-electron chi connectivity index (χ0n) is 18.0. The molecular formula is C22H25N5O3S2. The Labute approximate surface area is 191 Å². The number of aromatic nitrogens is 4. The lowest BCUT2D eigenvalue weighted by Gasteiger charge is -2.28. The largest absolute Gasteiger partial charge is 0.334 e. The van der Waals surface area contributed by atoms with E-state index in [1.165, 1.54) is 11.8 Å². The molecule has 0 radical (unpaired) electrons. The van der Waals surface area contributed by atoms with Crippen molar-refractivity contribution in [2.75, 3.05) is 17.3 Å². The molecule has 2 aromatic carbocycles. The van der Waals surface area contributed by atoms with Gasteiger partial charge in [-0.05, 0) is 47.4 Å². The van der Waals surface area contributed by atoms with Gasteiger partial charge in [0.05, 0.1) is 22.9 Å². The van der Waals surface area contributed by atoms with E-state index in [4.69, 9.17) is 0 Å². The maximum absolute atomic E-state index is 13.3. The van der Waals surface area contributed by atoms with Crippen LogP contribution in [0.2, 0.25) is 0 Å². The SMILES string of the molecule is Cc1cccc(C)c1-n1nnnc1SCC(=O)N(Cc1ccccc1)C1CCS(=O)(=O)C1. The second-order valence-electron chi connectivity index (χ2n) is 7.97. The molecule has 0 saturated carbocycles. The summed E-state index contributed by atoms with van der Waals surface area (Å²) in [7, 11) is -3.11. The van der Waals surface area contributed by atoms with Gasteiger partial charge in [0.15, 0.2) is 9.84 Å². The van der Waals surface area contributed by atoms with E-state index in [0.717, 1.165) is 22.4 Å². The van der Waals surface area contributed by atoms with Crippen molar-refractivity contribution in [2.24, 2.45) is 0 Å². The lowest BCUT2D eigenvalue weighted by Crippen LogP contribution is -2.41. The van der Waals surface area contributed by atoms with Crippen LogP contribution < -0.4 is 0 Å². The summed E-state index contributed by atoms with van der Waals surface area (Å²) in [5.41, 5.74) is 3.94. The van der Waals surface area contributed by atoms with E-state index >= 15 is 0 Å². The van der Waals surface area contributed by atoms with E-state index in [1.807, 2.05) is 62.4 Å². The maximum atomic E-state index is 13.3. The van der Waals surface area contributed by atoms with E-state index < -0.39 is 9.84 Å². The Kier molecular flexibility index (Phi) is 6.61. The topological polar surface area (TPSA) is 98.1 Å². The van der Waals surface area contributed by atoms with E-state index in [-0.39, 0.29) is 29.2 Å². The Morgan fingerprint density at radius 1 is 1.12 bits per heavy atom. The number of aryl methyl sites for hydroxylation is 2. The molecule has 1 aliphatic heterocycles. The minimum absolute atomic E-state index is 0.0103. The van der Waals surface area contributed by atoms with Crippen molar-refractivity contribution in [3.05, 3.63) is 65.2 Å². The molecule has 0 bridgehead atoms. The van der Waals surface area contributed by atoms with Crippen molar-refractivity contribution in [1.82, 2.24) is 25.1 Å². The molecule has 0 aliphatic carbocycles. The fourth-order valence-electron chi connectivity index (χ4n) is 3.98. The summed E-state index contributed by atoms with van der Waals surface area (Å²) in [6.07, 6.45) is 0.464. The van der Waals surface area contributed by atoms with Crippen LogP contribution in [0, 0.1) is 13.8 Å². The number of tetrazole rings is 1. The fraction of sp³-hybridized carbons (Fsp3) is 0.364. The normalized spacial score (nSPS) is 17.4. The minimum Gasteiger partial charge on any atom is -0.334 e. The number of carbonyl (C=O) groups is 1. The highest BCUT2D eigenvalue weighted by molar-refractivity contribution is 7.99. The molecule has 1 aliphatic rings.